The van der Waals surface area contributed by atoms with Crippen LogP contribution in [0, 0.1) is 0 Å². The van der Waals surface area contributed by atoms with Gasteiger partial charge in [-0.3, -0.25) is 0 Å². The molecule has 3 heteroatoms. The molecule has 1 heterocycles. The van der Waals surface area contributed by atoms with Gasteiger partial charge in [-0.15, -0.1) is 0 Å². The first-order chi connectivity index (χ1) is 6.08. The molecule has 0 aromatic carbocycles. The second-order valence-corrected chi connectivity index (χ2v) is 4.43. The second kappa shape index (κ2) is 4.94. The first-order valence-electron chi connectivity index (χ1n) is 5.13. The number of ether oxygens (including phenoxy) is 1. The smallest absolute Gasteiger partial charge is 0.0715 e. The molecule has 1 rings (SSSR count). The molecule has 0 aromatic rings. The summed E-state index contributed by atoms with van der Waals surface area (Å²) in [6.45, 7) is 6.01. The van der Waals surface area contributed by atoms with Crippen LogP contribution in [0.1, 0.15) is 33.1 Å². The number of aliphatic hydroxyl groups is 1. The predicted octanol–water partition coefficient (Wildman–Crippen LogP) is 0.916. The molecule has 1 fully saturated rings. The largest absolute Gasteiger partial charge is 0.389 e. The van der Waals surface area contributed by atoms with E-state index in [1.807, 2.05) is 13.8 Å². The third-order valence-electron chi connectivity index (χ3n) is 2.20. The summed E-state index contributed by atoms with van der Waals surface area (Å²) >= 11 is 0. The van der Waals surface area contributed by atoms with E-state index in [2.05, 4.69) is 5.32 Å². The lowest BCUT2D eigenvalue weighted by Gasteiger charge is -2.25. The summed E-state index contributed by atoms with van der Waals surface area (Å²) in [7, 11) is 0. The minimum atomic E-state index is -0.616. The fraction of sp³-hybridized carbons (Fsp3) is 1.00. The molecule has 0 radical (unpaired) electrons. The first kappa shape index (κ1) is 11.0. The molecule has 78 valence electrons. The lowest BCUT2D eigenvalue weighted by molar-refractivity contribution is 0.0114. The van der Waals surface area contributed by atoms with Gasteiger partial charge in [0.1, 0.15) is 0 Å². The zero-order valence-electron chi connectivity index (χ0n) is 8.68. The van der Waals surface area contributed by atoms with Gasteiger partial charge in [-0.05, 0) is 33.1 Å². The van der Waals surface area contributed by atoms with Gasteiger partial charge in [0.05, 0.1) is 11.7 Å². The Bertz CT molecular complexity index is 136. The minimum absolute atomic E-state index is 0.357. The molecule has 1 aliphatic rings. The molecular weight excluding hydrogens is 166 g/mol. The summed E-state index contributed by atoms with van der Waals surface area (Å²) < 4.78 is 5.55. The van der Waals surface area contributed by atoms with Crippen LogP contribution in [-0.2, 0) is 4.74 Å². The molecule has 1 unspecified atom stereocenters. The highest BCUT2D eigenvalue weighted by Gasteiger charge is 2.16. The molecule has 1 atom stereocenters. The van der Waals surface area contributed by atoms with Gasteiger partial charge >= 0.3 is 0 Å². The summed E-state index contributed by atoms with van der Waals surface area (Å²) in [5, 5.41) is 12.7. The first-order valence-corrected chi connectivity index (χ1v) is 5.13. The van der Waals surface area contributed by atoms with E-state index in [9.17, 15) is 5.11 Å². The normalized spacial score (nSPS) is 24.7. The monoisotopic (exact) mass is 187 g/mol. The van der Waals surface area contributed by atoms with Crippen molar-refractivity contribution in [3.63, 3.8) is 0 Å². The predicted molar refractivity (Wildman–Crippen MR) is 52.8 cm³/mol. The molecule has 0 spiro atoms. The molecule has 0 saturated carbocycles. The lowest BCUT2D eigenvalue weighted by Crippen LogP contribution is -2.40. The fourth-order valence-corrected chi connectivity index (χ4v) is 1.51. The Morgan fingerprint density at radius 2 is 2.23 bits per heavy atom. The lowest BCUT2D eigenvalue weighted by atomic mass is 10.1. The molecule has 0 amide bonds. The van der Waals surface area contributed by atoms with Crippen LogP contribution in [0.3, 0.4) is 0 Å². The average Bonchev–Trinajstić information content (AvgIpc) is 2.04. The Labute approximate surface area is 80.5 Å². The third kappa shape index (κ3) is 5.24. The summed E-state index contributed by atoms with van der Waals surface area (Å²) in [4.78, 5) is 0. The molecule has 13 heavy (non-hydrogen) atoms. The maximum atomic E-state index is 9.44. The van der Waals surface area contributed by atoms with Crippen LogP contribution in [0.15, 0.2) is 0 Å². The van der Waals surface area contributed by atoms with Gasteiger partial charge in [-0.1, -0.05) is 0 Å². The van der Waals surface area contributed by atoms with Crippen LogP contribution in [0.2, 0.25) is 0 Å². The Morgan fingerprint density at radius 3 is 2.77 bits per heavy atom. The van der Waals surface area contributed by atoms with E-state index in [1.54, 1.807) is 0 Å². The maximum absolute atomic E-state index is 9.44. The van der Waals surface area contributed by atoms with Crippen molar-refractivity contribution in [1.29, 1.82) is 0 Å². The van der Waals surface area contributed by atoms with E-state index in [1.165, 1.54) is 12.8 Å². The van der Waals surface area contributed by atoms with Gasteiger partial charge in [-0.2, -0.15) is 0 Å². The van der Waals surface area contributed by atoms with E-state index in [4.69, 9.17) is 4.74 Å². The quantitative estimate of drug-likeness (QED) is 0.687. The zero-order valence-corrected chi connectivity index (χ0v) is 8.68. The van der Waals surface area contributed by atoms with Crippen LogP contribution in [0.4, 0.5) is 0 Å². The van der Waals surface area contributed by atoms with Gasteiger partial charge in [0.15, 0.2) is 0 Å². The van der Waals surface area contributed by atoms with Crippen molar-refractivity contribution < 1.29 is 9.84 Å². The highest BCUT2D eigenvalue weighted by molar-refractivity contribution is 4.72. The van der Waals surface area contributed by atoms with Gasteiger partial charge < -0.3 is 15.2 Å². The number of hydrogen-bond donors (Lipinski definition) is 2. The number of hydrogen-bond acceptors (Lipinski definition) is 3. The van der Waals surface area contributed by atoms with E-state index < -0.39 is 5.60 Å². The summed E-state index contributed by atoms with van der Waals surface area (Å²) in [5.74, 6) is 0. The molecule has 3 nitrogen and oxygen atoms in total. The Balaban J connectivity index is 2.04. The van der Waals surface area contributed by atoms with Gasteiger partial charge in [0.2, 0.25) is 0 Å². The van der Waals surface area contributed by atoms with Crippen LogP contribution >= 0.6 is 0 Å². The van der Waals surface area contributed by atoms with Crippen molar-refractivity contribution in [2.75, 3.05) is 19.7 Å². The van der Waals surface area contributed by atoms with Crippen LogP contribution in [-0.4, -0.2) is 36.5 Å². The van der Waals surface area contributed by atoms with Gasteiger partial charge in [0.25, 0.3) is 0 Å². The van der Waals surface area contributed by atoms with Crippen molar-refractivity contribution in [3.8, 4) is 0 Å². The van der Waals surface area contributed by atoms with Crippen molar-refractivity contribution in [3.05, 3.63) is 0 Å². The van der Waals surface area contributed by atoms with Crippen LogP contribution < -0.4 is 5.32 Å². The maximum Gasteiger partial charge on any atom is 0.0715 e. The Morgan fingerprint density at radius 1 is 1.46 bits per heavy atom. The second-order valence-electron chi connectivity index (χ2n) is 4.43. The van der Waals surface area contributed by atoms with E-state index in [0.29, 0.717) is 12.6 Å². The number of rotatable bonds is 4. The minimum Gasteiger partial charge on any atom is -0.389 e. The van der Waals surface area contributed by atoms with Gasteiger partial charge in [-0.25, -0.2) is 0 Å². The highest BCUT2D eigenvalue weighted by atomic mass is 16.5. The molecule has 2 N–H and O–H groups in total. The molecule has 1 aliphatic heterocycles. The third-order valence-corrected chi connectivity index (χ3v) is 2.20. The zero-order chi connectivity index (χ0) is 9.73. The van der Waals surface area contributed by atoms with Crippen molar-refractivity contribution in [2.24, 2.45) is 0 Å². The van der Waals surface area contributed by atoms with E-state index in [-0.39, 0.29) is 0 Å². The van der Waals surface area contributed by atoms with Gasteiger partial charge in [0, 0.05) is 19.7 Å². The van der Waals surface area contributed by atoms with Crippen molar-refractivity contribution in [2.45, 2.75) is 44.8 Å². The summed E-state index contributed by atoms with van der Waals surface area (Å²) in [6.07, 6.45) is 3.98. The molecule has 0 aromatic heterocycles. The van der Waals surface area contributed by atoms with Crippen molar-refractivity contribution >= 4 is 0 Å². The Kier molecular flexibility index (Phi) is 4.16. The molecule has 0 bridgehead atoms. The topological polar surface area (TPSA) is 41.5 Å². The fourth-order valence-electron chi connectivity index (χ4n) is 1.51. The van der Waals surface area contributed by atoms with Crippen molar-refractivity contribution in [1.82, 2.24) is 5.32 Å². The molecular formula is C10H21NO2. The summed E-state index contributed by atoms with van der Waals surface area (Å²) in [6, 6.07) is 0. The highest BCUT2D eigenvalue weighted by Crippen LogP contribution is 2.11. The van der Waals surface area contributed by atoms with E-state index >= 15 is 0 Å². The number of nitrogens with one attached hydrogen (secondary N) is 1. The van der Waals surface area contributed by atoms with E-state index in [0.717, 1.165) is 19.6 Å². The molecule has 0 aliphatic carbocycles. The average molecular weight is 187 g/mol. The Hall–Kier alpha value is -0.120. The standard InChI is InChI=1S/C10H21NO2/c1-10(2,12)8-11-7-9-5-3-4-6-13-9/h9,11-12H,3-8H2,1-2H3. The van der Waals surface area contributed by atoms with Crippen LogP contribution in [0.5, 0.6) is 0 Å². The SMILES string of the molecule is CC(C)(O)CNCC1CCCCO1. The molecule has 1 saturated heterocycles. The van der Waals surface area contributed by atoms with Crippen LogP contribution in [0.25, 0.3) is 0 Å². The summed E-state index contributed by atoms with van der Waals surface area (Å²) in [5.41, 5.74) is -0.616.